The smallest absolute Gasteiger partial charge is 0.142 e. The lowest BCUT2D eigenvalue weighted by Crippen LogP contribution is -2.27. The molecule has 84 valence electrons. The molecule has 0 fully saturated rings. The van der Waals surface area contributed by atoms with Gasteiger partial charge in [-0.1, -0.05) is 17.7 Å². The lowest BCUT2D eigenvalue weighted by atomic mass is 10.2. The summed E-state index contributed by atoms with van der Waals surface area (Å²) in [4.78, 5) is 0. The molecule has 0 aliphatic carbocycles. The molecule has 15 heavy (non-hydrogen) atoms. The Kier molecular flexibility index (Phi) is 5.02. The first-order chi connectivity index (χ1) is 7.13. The lowest BCUT2D eigenvalue weighted by molar-refractivity contribution is 0.518. The van der Waals surface area contributed by atoms with Gasteiger partial charge in [-0.3, -0.25) is 0 Å². The van der Waals surface area contributed by atoms with E-state index < -0.39 is 0 Å². The van der Waals surface area contributed by atoms with Crippen molar-refractivity contribution in [2.45, 2.75) is 25.9 Å². The number of nitrogens with two attached hydrogens (primary N) is 1. The third kappa shape index (κ3) is 4.16. The minimum Gasteiger partial charge on any atom is -0.330 e. The van der Waals surface area contributed by atoms with E-state index in [1.54, 1.807) is 6.07 Å². The average molecular weight is 231 g/mol. The number of halogens is 2. The van der Waals surface area contributed by atoms with Gasteiger partial charge in [0.05, 0.1) is 5.02 Å². The quantitative estimate of drug-likeness (QED) is 0.815. The summed E-state index contributed by atoms with van der Waals surface area (Å²) >= 11 is 5.58. The largest absolute Gasteiger partial charge is 0.330 e. The molecular formula is C11H16ClFN2. The van der Waals surface area contributed by atoms with Crippen molar-refractivity contribution >= 4 is 11.6 Å². The molecule has 3 N–H and O–H groups in total. The zero-order valence-corrected chi connectivity index (χ0v) is 9.52. The molecule has 1 atom stereocenters. The van der Waals surface area contributed by atoms with Crippen LogP contribution in [0.4, 0.5) is 4.39 Å². The molecule has 2 nitrogen and oxygen atoms in total. The number of nitrogens with one attached hydrogen (secondary N) is 1. The Balaban J connectivity index is 2.47. The zero-order valence-electron chi connectivity index (χ0n) is 8.76. The minimum atomic E-state index is -0.373. The van der Waals surface area contributed by atoms with Crippen LogP contribution in [0, 0.1) is 5.82 Å². The van der Waals surface area contributed by atoms with Gasteiger partial charge >= 0.3 is 0 Å². The molecule has 0 aliphatic heterocycles. The number of rotatable bonds is 5. The van der Waals surface area contributed by atoms with Crippen molar-refractivity contribution in [1.29, 1.82) is 0 Å². The number of hydrogen-bond donors (Lipinski definition) is 2. The minimum absolute atomic E-state index is 0.161. The van der Waals surface area contributed by atoms with Gasteiger partial charge in [0, 0.05) is 12.6 Å². The third-order valence-electron chi connectivity index (χ3n) is 2.24. The van der Waals surface area contributed by atoms with E-state index in [0.717, 1.165) is 12.0 Å². The van der Waals surface area contributed by atoms with E-state index in [-0.39, 0.29) is 10.8 Å². The van der Waals surface area contributed by atoms with Gasteiger partial charge < -0.3 is 11.1 Å². The highest BCUT2D eigenvalue weighted by molar-refractivity contribution is 6.30. The maximum atomic E-state index is 13.1. The van der Waals surface area contributed by atoms with Gasteiger partial charge in [0.25, 0.3) is 0 Å². The molecule has 0 bridgehead atoms. The highest BCUT2D eigenvalue weighted by atomic mass is 35.5. The number of benzene rings is 1. The van der Waals surface area contributed by atoms with Crippen molar-refractivity contribution in [1.82, 2.24) is 5.32 Å². The Hall–Kier alpha value is -0.640. The van der Waals surface area contributed by atoms with Gasteiger partial charge in [-0.05, 0) is 37.6 Å². The van der Waals surface area contributed by atoms with Crippen LogP contribution in [0.3, 0.4) is 0 Å². The van der Waals surface area contributed by atoms with Crippen LogP contribution in [-0.4, -0.2) is 12.6 Å². The predicted octanol–water partition coefficient (Wildman–Crippen LogP) is 2.31. The van der Waals surface area contributed by atoms with Gasteiger partial charge in [0.2, 0.25) is 0 Å². The van der Waals surface area contributed by atoms with Crippen LogP contribution >= 0.6 is 11.6 Å². The van der Waals surface area contributed by atoms with Crippen LogP contribution in [0.25, 0.3) is 0 Å². The molecule has 0 spiro atoms. The van der Waals surface area contributed by atoms with Crippen LogP contribution in [0.15, 0.2) is 18.2 Å². The Morgan fingerprint density at radius 2 is 2.27 bits per heavy atom. The lowest BCUT2D eigenvalue weighted by Gasteiger charge is -2.12. The summed E-state index contributed by atoms with van der Waals surface area (Å²) in [5, 5.41) is 3.42. The summed E-state index contributed by atoms with van der Waals surface area (Å²) in [6, 6.07) is 5.17. The average Bonchev–Trinajstić information content (AvgIpc) is 2.20. The molecule has 0 heterocycles. The van der Waals surface area contributed by atoms with Gasteiger partial charge in [-0.25, -0.2) is 4.39 Å². The van der Waals surface area contributed by atoms with Crippen molar-refractivity contribution in [3.63, 3.8) is 0 Å². The van der Waals surface area contributed by atoms with Gasteiger partial charge in [0.1, 0.15) is 5.82 Å². The van der Waals surface area contributed by atoms with E-state index in [1.807, 2.05) is 6.07 Å². The summed E-state index contributed by atoms with van der Waals surface area (Å²) in [5.74, 6) is -0.373. The Morgan fingerprint density at radius 1 is 1.53 bits per heavy atom. The van der Waals surface area contributed by atoms with Crippen LogP contribution < -0.4 is 11.1 Å². The molecule has 0 aliphatic rings. The SMILES string of the molecule is CC(CCN)NCc1ccc(Cl)c(F)c1. The van der Waals surface area contributed by atoms with E-state index in [0.29, 0.717) is 19.1 Å². The third-order valence-corrected chi connectivity index (χ3v) is 2.54. The second-order valence-electron chi connectivity index (χ2n) is 3.61. The van der Waals surface area contributed by atoms with Crippen molar-refractivity contribution in [3.8, 4) is 0 Å². The topological polar surface area (TPSA) is 38.0 Å². The summed E-state index contributed by atoms with van der Waals surface area (Å²) in [6.45, 7) is 3.34. The summed E-state index contributed by atoms with van der Waals surface area (Å²) in [6.07, 6.45) is 0.913. The van der Waals surface area contributed by atoms with Crippen LogP contribution in [0.2, 0.25) is 5.02 Å². The van der Waals surface area contributed by atoms with Crippen molar-refractivity contribution in [2.24, 2.45) is 5.73 Å². The fraction of sp³-hybridized carbons (Fsp3) is 0.455. The van der Waals surface area contributed by atoms with E-state index in [2.05, 4.69) is 12.2 Å². The molecule has 0 aromatic heterocycles. The molecule has 0 amide bonds. The first kappa shape index (κ1) is 12.4. The molecule has 1 unspecified atom stereocenters. The highest BCUT2D eigenvalue weighted by Gasteiger charge is 2.03. The molecule has 0 radical (unpaired) electrons. The maximum absolute atomic E-state index is 13.1. The van der Waals surface area contributed by atoms with Crippen molar-refractivity contribution in [3.05, 3.63) is 34.6 Å². The first-order valence-corrected chi connectivity index (χ1v) is 5.38. The Labute approximate surface area is 94.6 Å². The normalized spacial score (nSPS) is 12.8. The number of hydrogen-bond acceptors (Lipinski definition) is 2. The molecule has 1 aromatic rings. The zero-order chi connectivity index (χ0) is 11.3. The van der Waals surface area contributed by atoms with Crippen LogP contribution in [0.5, 0.6) is 0 Å². The van der Waals surface area contributed by atoms with E-state index >= 15 is 0 Å². The summed E-state index contributed by atoms with van der Waals surface area (Å²) in [7, 11) is 0. The summed E-state index contributed by atoms with van der Waals surface area (Å²) in [5.41, 5.74) is 6.31. The maximum Gasteiger partial charge on any atom is 0.142 e. The first-order valence-electron chi connectivity index (χ1n) is 5.01. The van der Waals surface area contributed by atoms with Crippen molar-refractivity contribution in [2.75, 3.05) is 6.54 Å². The second kappa shape index (κ2) is 6.05. The molecule has 0 saturated carbocycles. The monoisotopic (exact) mass is 230 g/mol. The molecule has 0 saturated heterocycles. The van der Waals surface area contributed by atoms with Crippen LogP contribution in [-0.2, 0) is 6.54 Å². The second-order valence-corrected chi connectivity index (χ2v) is 4.01. The van der Waals surface area contributed by atoms with Crippen molar-refractivity contribution < 1.29 is 4.39 Å². The van der Waals surface area contributed by atoms with Gasteiger partial charge in [-0.15, -0.1) is 0 Å². The van der Waals surface area contributed by atoms with Gasteiger partial charge in [-0.2, -0.15) is 0 Å². The predicted molar refractivity (Wildman–Crippen MR) is 61.4 cm³/mol. The van der Waals surface area contributed by atoms with E-state index in [4.69, 9.17) is 17.3 Å². The van der Waals surface area contributed by atoms with Crippen LogP contribution in [0.1, 0.15) is 18.9 Å². The highest BCUT2D eigenvalue weighted by Crippen LogP contribution is 2.15. The molecule has 1 rings (SSSR count). The summed E-state index contributed by atoms with van der Waals surface area (Å²) < 4.78 is 13.1. The van der Waals surface area contributed by atoms with E-state index in [9.17, 15) is 4.39 Å². The molecule has 1 aromatic carbocycles. The fourth-order valence-corrected chi connectivity index (χ4v) is 1.41. The fourth-order valence-electron chi connectivity index (χ4n) is 1.29. The molecule has 4 heteroatoms. The standard InChI is InChI=1S/C11H16ClFN2/c1-8(4-5-14)15-7-9-2-3-10(12)11(13)6-9/h2-3,6,8,15H,4-5,7,14H2,1H3. The Bertz CT molecular complexity index is 317. The Morgan fingerprint density at radius 3 is 2.87 bits per heavy atom. The van der Waals surface area contributed by atoms with Gasteiger partial charge in [0.15, 0.2) is 0 Å². The van der Waals surface area contributed by atoms with E-state index in [1.165, 1.54) is 6.07 Å². The molecular weight excluding hydrogens is 215 g/mol.